The summed E-state index contributed by atoms with van der Waals surface area (Å²) in [5, 5.41) is 8.29. The van der Waals surface area contributed by atoms with Gasteiger partial charge in [-0.1, -0.05) is 36.8 Å². The largest absolute Gasteiger partial charge is 0.331 e. The fourth-order valence-electron chi connectivity index (χ4n) is 2.49. The van der Waals surface area contributed by atoms with Crippen molar-refractivity contribution >= 4 is 22.5 Å². The standard InChI is InChI=1S/C19H20N4OS/c1-3-16(14-8-6-13(2)7-9-14)21-18(24)23-19-22-17(12-25-19)15-5-4-10-20-11-15/h4-12,16H,3H2,1-2H3,(H2,21,22,23,24). The molecule has 0 spiro atoms. The second kappa shape index (κ2) is 7.90. The maximum atomic E-state index is 12.3. The lowest BCUT2D eigenvalue weighted by Gasteiger charge is -2.17. The minimum absolute atomic E-state index is 0.0293. The molecule has 0 aliphatic rings. The molecular formula is C19H20N4OS. The van der Waals surface area contributed by atoms with Gasteiger partial charge in [0.2, 0.25) is 0 Å². The molecule has 0 bridgehead atoms. The predicted octanol–water partition coefficient (Wildman–Crippen LogP) is 4.79. The van der Waals surface area contributed by atoms with Crippen LogP contribution in [0.15, 0.2) is 54.2 Å². The van der Waals surface area contributed by atoms with Crippen LogP contribution >= 0.6 is 11.3 Å². The number of hydrogen-bond acceptors (Lipinski definition) is 4. The molecule has 25 heavy (non-hydrogen) atoms. The van der Waals surface area contributed by atoms with Gasteiger partial charge in [-0.3, -0.25) is 10.3 Å². The highest BCUT2D eigenvalue weighted by Gasteiger charge is 2.14. The third-order valence-corrected chi connectivity index (χ3v) is 4.63. The quantitative estimate of drug-likeness (QED) is 0.694. The lowest BCUT2D eigenvalue weighted by Crippen LogP contribution is -2.32. The summed E-state index contributed by atoms with van der Waals surface area (Å²) >= 11 is 1.39. The molecule has 0 aliphatic heterocycles. The first kappa shape index (κ1) is 17.1. The lowest BCUT2D eigenvalue weighted by molar-refractivity contribution is 0.248. The SMILES string of the molecule is CCC(NC(=O)Nc1nc(-c2cccnc2)cs1)c1ccc(C)cc1. The topological polar surface area (TPSA) is 66.9 Å². The average Bonchev–Trinajstić information content (AvgIpc) is 3.10. The summed E-state index contributed by atoms with van der Waals surface area (Å²) in [7, 11) is 0. The normalized spacial score (nSPS) is 11.8. The Bertz CT molecular complexity index is 830. The van der Waals surface area contributed by atoms with Gasteiger partial charge in [-0.05, 0) is 31.0 Å². The Balaban J connectivity index is 1.64. The zero-order chi connectivity index (χ0) is 17.6. The van der Waals surface area contributed by atoms with Crippen molar-refractivity contribution < 1.29 is 4.79 Å². The Hall–Kier alpha value is -2.73. The lowest BCUT2D eigenvalue weighted by atomic mass is 10.0. The van der Waals surface area contributed by atoms with Crippen molar-refractivity contribution in [1.82, 2.24) is 15.3 Å². The first-order valence-corrected chi connectivity index (χ1v) is 9.03. The molecule has 2 aromatic heterocycles. The number of rotatable bonds is 5. The smallest absolute Gasteiger partial charge is 0.321 e. The molecule has 3 aromatic rings. The van der Waals surface area contributed by atoms with Crippen LogP contribution in [0.5, 0.6) is 0 Å². The third kappa shape index (κ3) is 4.42. The van der Waals surface area contributed by atoms with E-state index >= 15 is 0 Å². The van der Waals surface area contributed by atoms with Gasteiger partial charge in [0, 0.05) is 23.3 Å². The summed E-state index contributed by atoms with van der Waals surface area (Å²) < 4.78 is 0. The summed E-state index contributed by atoms with van der Waals surface area (Å²) in [5.41, 5.74) is 4.03. The zero-order valence-electron chi connectivity index (χ0n) is 14.2. The zero-order valence-corrected chi connectivity index (χ0v) is 15.0. The van der Waals surface area contributed by atoms with E-state index < -0.39 is 0 Å². The van der Waals surface area contributed by atoms with E-state index in [0.717, 1.165) is 23.2 Å². The number of aryl methyl sites for hydroxylation is 1. The Labute approximate surface area is 151 Å². The highest BCUT2D eigenvalue weighted by Crippen LogP contribution is 2.24. The van der Waals surface area contributed by atoms with Crippen LogP contribution in [0.1, 0.15) is 30.5 Å². The van der Waals surface area contributed by atoms with Gasteiger partial charge in [-0.15, -0.1) is 11.3 Å². The number of pyridine rings is 1. The Morgan fingerprint density at radius 2 is 2.04 bits per heavy atom. The van der Waals surface area contributed by atoms with E-state index in [2.05, 4.69) is 39.7 Å². The molecule has 0 saturated heterocycles. The van der Waals surface area contributed by atoms with Crippen molar-refractivity contribution in [2.75, 3.05) is 5.32 Å². The van der Waals surface area contributed by atoms with E-state index in [-0.39, 0.29) is 12.1 Å². The first-order valence-electron chi connectivity index (χ1n) is 8.15. The van der Waals surface area contributed by atoms with Crippen molar-refractivity contribution in [3.63, 3.8) is 0 Å². The molecule has 0 radical (unpaired) electrons. The van der Waals surface area contributed by atoms with Crippen molar-refractivity contribution in [2.45, 2.75) is 26.3 Å². The van der Waals surface area contributed by atoms with E-state index in [0.29, 0.717) is 5.13 Å². The van der Waals surface area contributed by atoms with Gasteiger partial charge in [0.1, 0.15) is 0 Å². The average molecular weight is 352 g/mol. The summed E-state index contributed by atoms with van der Waals surface area (Å²) in [6.07, 6.45) is 4.29. The number of nitrogens with one attached hydrogen (secondary N) is 2. The van der Waals surface area contributed by atoms with E-state index in [1.807, 2.05) is 36.6 Å². The third-order valence-electron chi connectivity index (χ3n) is 3.88. The fraction of sp³-hybridized carbons (Fsp3) is 0.211. The van der Waals surface area contributed by atoms with Crippen LogP contribution in [-0.4, -0.2) is 16.0 Å². The van der Waals surface area contributed by atoms with Crippen LogP contribution in [0, 0.1) is 6.92 Å². The monoisotopic (exact) mass is 352 g/mol. The molecule has 0 saturated carbocycles. The van der Waals surface area contributed by atoms with E-state index in [9.17, 15) is 4.79 Å². The molecule has 1 atom stereocenters. The Morgan fingerprint density at radius 3 is 2.72 bits per heavy atom. The van der Waals surface area contributed by atoms with Crippen molar-refractivity contribution in [2.24, 2.45) is 0 Å². The van der Waals surface area contributed by atoms with Crippen LogP contribution in [0.2, 0.25) is 0 Å². The fourth-order valence-corrected chi connectivity index (χ4v) is 3.20. The van der Waals surface area contributed by atoms with E-state index in [1.165, 1.54) is 16.9 Å². The number of urea groups is 1. The summed E-state index contributed by atoms with van der Waals surface area (Å²) in [4.78, 5) is 20.8. The molecule has 2 heterocycles. The first-order chi connectivity index (χ1) is 12.2. The molecule has 0 fully saturated rings. The van der Waals surface area contributed by atoms with Gasteiger partial charge < -0.3 is 5.32 Å². The maximum Gasteiger partial charge on any atom is 0.321 e. The van der Waals surface area contributed by atoms with Crippen LogP contribution < -0.4 is 10.6 Å². The minimum atomic E-state index is -0.250. The molecule has 128 valence electrons. The number of anilines is 1. The highest BCUT2D eigenvalue weighted by molar-refractivity contribution is 7.14. The van der Waals surface area contributed by atoms with Gasteiger partial charge in [0.15, 0.2) is 5.13 Å². The second-order valence-electron chi connectivity index (χ2n) is 5.75. The summed E-state index contributed by atoms with van der Waals surface area (Å²) in [5.74, 6) is 0. The second-order valence-corrected chi connectivity index (χ2v) is 6.61. The van der Waals surface area contributed by atoms with Crippen LogP contribution in [0.3, 0.4) is 0 Å². The Morgan fingerprint density at radius 1 is 1.24 bits per heavy atom. The molecule has 6 heteroatoms. The number of aromatic nitrogens is 2. The molecule has 2 amide bonds. The van der Waals surface area contributed by atoms with Gasteiger partial charge in [0.05, 0.1) is 11.7 Å². The van der Waals surface area contributed by atoms with Gasteiger partial charge in [0.25, 0.3) is 0 Å². The van der Waals surface area contributed by atoms with Gasteiger partial charge in [-0.2, -0.15) is 0 Å². The molecule has 0 aliphatic carbocycles. The Kier molecular flexibility index (Phi) is 5.40. The van der Waals surface area contributed by atoms with Crippen LogP contribution in [0.25, 0.3) is 11.3 Å². The van der Waals surface area contributed by atoms with Gasteiger partial charge in [-0.25, -0.2) is 9.78 Å². The minimum Gasteiger partial charge on any atom is -0.331 e. The molecule has 2 N–H and O–H groups in total. The van der Waals surface area contributed by atoms with E-state index in [1.54, 1.807) is 12.4 Å². The van der Waals surface area contributed by atoms with E-state index in [4.69, 9.17) is 0 Å². The molecule has 1 aromatic carbocycles. The summed E-state index contributed by atoms with van der Waals surface area (Å²) in [6, 6.07) is 11.7. The number of amides is 2. The number of hydrogen-bond donors (Lipinski definition) is 2. The van der Waals surface area contributed by atoms with Crippen LogP contribution in [0.4, 0.5) is 9.93 Å². The molecular weight excluding hydrogens is 332 g/mol. The number of benzene rings is 1. The molecule has 3 rings (SSSR count). The predicted molar refractivity (Wildman–Crippen MR) is 102 cm³/mol. The molecule has 1 unspecified atom stereocenters. The van der Waals surface area contributed by atoms with Crippen molar-refractivity contribution in [1.29, 1.82) is 0 Å². The van der Waals surface area contributed by atoms with Gasteiger partial charge >= 0.3 is 6.03 Å². The number of carbonyl (C=O) groups is 1. The number of carbonyl (C=O) groups excluding carboxylic acids is 1. The summed E-state index contributed by atoms with van der Waals surface area (Å²) in [6.45, 7) is 4.10. The van der Waals surface area contributed by atoms with Crippen molar-refractivity contribution in [3.8, 4) is 11.3 Å². The van der Waals surface area contributed by atoms with Crippen LogP contribution in [-0.2, 0) is 0 Å². The maximum absolute atomic E-state index is 12.3. The molecule has 5 nitrogen and oxygen atoms in total. The highest BCUT2D eigenvalue weighted by atomic mass is 32.1. The van der Waals surface area contributed by atoms with Crippen molar-refractivity contribution in [3.05, 3.63) is 65.3 Å². The number of nitrogens with zero attached hydrogens (tertiary/aromatic N) is 2. The number of thiazole rings is 1.